The SMILES string of the molecule is O=C1CCCC2=C1[C@@H](c1ccccc1)NC(=S)N2. The number of nitrogens with one attached hydrogen (secondary N) is 2. The topological polar surface area (TPSA) is 41.1 Å². The maximum atomic E-state index is 12.1. The van der Waals surface area contributed by atoms with Crippen LogP contribution in [0.3, 0.4) is 0 Å². The Hall–Kier alpha value is -1.68. The van der Waals surface area contributed by atoms with Crippen LogP contribution in [0.4, 0.5) is 0 Å². The fourth-order valence-electron chi connectivity index (χ4n) is 2.60. The van der Waals surface area contributed by atoms with Crippen LogP contribution >= 0.6 is 12.2 Å². The Morgan fingerprint density at radius 2 is 1.94 bits per heavy atom. The van der Waals surface area contributed by atoms with E-state index in [4.69, 9.17) is 12.2 Å². The maximum Gasteiger partial charge on any atom is 0.171 e. The zero-order chi connectivity index (χ0) is 12.5. The molecule has 1 heterocycles. The number of hydrogen-bond donors (Lipinski definition) is 2. The van der Waals surface area contributed by atoms with Crippen LogP contribution < -0.4 is 10.6 Å². The fraction of sp³-hybridized carbons (Fsp3) is 0.286. The summed E-state index contributed by atoms with van der Waals surface area (Å²) >= 11 is 5.22. The smallest absolute Gasteiger partial charge is 0.171 e. The first-order valence-corrected chi connectivity index (χ1v) is 6.55. The molecular formula is C14H14N2OS. The minimum atomic E-state index is -0.0947. The zero-order valence-corrected chi connectivity index (χ0v) is 10.7. The Balaban J connectivity index is 2.07. The van der Waals surface area contributed by atoms with Crippen LogP contribution in [-0.4, -0.2) is 10.9 Å². The fourth-order valence-corrected chi connectivity index (χ4v) is 2.84. The molecule has 1 aromatic carbocycles. The molecule has 1 atom stereocenters. The summed E-state index contributed by atoms with van der Waals surface area (Å²) in [6.45, 7) is 0. The predicted molar refractivity (Wildman–Crippen MR) is 73.9 cm³/mol. The van der Waals surface area contributed by atoms with E-state index in [0.29, 0.717) is 11.5 Å². The van der Waals surface area contributed by atoms with Gasteiger partial charge in [0.2, 0.25) is 0 Å². The molecule has 0 radical (unpaired) electrons. The molecule has 0 aromatic heterocycles. The van der Waals surface area contributed by atoms with Gasteiger partial charge in [-0.3, -0.25) is 4.79 Å². The Morgan fingerprint density at radius 3 is 2.72 bits per heavy atom. The number of benzene rings is 1. The van der Waals surface area contributed by atoms with Gasteiger partial charge >= 0.3 is 0 Å². The molecule has 1 aliphatic heterocycles. The second-order valence-electron chi connectivity index (χ2n) is 4.61. The highest BCUT2D eigenvalue weighted by atomic mass is 32.1. The van der Waals surface area contributed by atoms with Crippen LogP contribution in [0.25, 0.3) is 0 Å². The van der Waals surface area contributed by atoms with Crippen molar-refractivity contribution in [2.75, 3.05) is 0 Å². The normalized spacial score (nSPS) is 23.2. The van der Waals surface area contributed by atoms with Gasteiger partial charge in [-0.1, -0.05) is 30.3 Å². The Kier molecular flexibility index (Phi) is 2.88. The third kappa shape index (κ3) is 1.93. The van der Waals surface area contributed by atoms with E-state index in [1.165, 1.54) is 0 Å². The van der Waals surface area contributed by atoms with Gasteiger partial charge in [-0.2, -0.15) is 0 Å². The molecule has 3 rings (SSSR count). The summed E-state index contributed by atoms with van der Waals surface area (Å²) in [5.41, 5.74) is 2.95. The summed E-state index contributed by atoms with van der Waals surface area (Å²) in [5.74, 6) is 0.229. The van der Waals surface area contributed by atoms with Crippen molar-refractivity contribution in [2.45, 2.75) is 25.3 Å². The molecule has 2 aliphatic rings. The van der Waals surface area contributed by atoms with Gasteiger partial charge in [0, 0.05) is 17.7 Å². The van der Waals surface area contributed by atoms with Crippen LogP contribution in [0.5, 0.6) is 0 Å². The van der Waals surface area contributed by atoms with Crippen molar-refractivity contribution in [3.8, 4) is 0 Å². The molecule has 0 bridgehead atoms. The minimum absolute atomic E-state index is 0.0947. The van der Waals surface area contributed by atoms with E-state index < -0.39 is 0 Å². The first kappa shape index (κ1) is 11.4. The number of thiocarbonyl (C=S) groups is 1. The van der Waals surface area contributed by atoms with E-state index in [1.54, 1.807) is 0 Å². The summed E-state index contributed by atoms with van der Waals surface area (Å²) in [7, 11) is 0. The van der Waals surface area contributed by atoms with Gasteiger partial charge in [-0.15, -0.1) is 0 Å². The van der Waals surface area contributed by atoms with Crippen LogP contribution in [0, 0.1) is 0 Å². The third-order valence-electron chi connectivity index (χ3n) is 3.42. The van der Waals surface area contributed by atoms with Gasteiger partial charge in [0.1, 0.15) is 0 Å². The monoisotopic (exact) mass is 258 g/mol. The lowest BCUT2D eigenvalue weighted by Crippen LogP contribution is -2.46. The molecule has 1 aliphatic carbocycles. The lowest BCUT2D eigenvalue weighted by Gasteiger charge is -2.33. The van der Waals surface area contributed by atoms with Crippen molar-refractivity contribution in [3.63, 3.8) is 0 Å². The lowest BCUT2D eigenvalue weighted by molar-refractivity contribution is -0.116. The van der Waals surface area contributed by atoms with Crippen LogP contribution in [0.1, 0.15) is 30.9 Å². The molecule has 4 heteroatoms. The van der Waals surface area contributed by atoms with E-state index in [0.717, 1.165) is 29.7 Å². The molecule has 0 unspecified atom stereocenters. The molecule has 0 saturated heterocycles. The molecule has 0 amide bonds. The van der Waals surface area contributed by atoms with E-state index in [2.05, 4.69) is 10.6 Å². The number of carbonyl (C=O) groups is 1. The second kappa shape index (κ2) is 4.53. The molecule has 2 N–H and O–H groups in total. The predicted octanol–water partition coefficient (Wildman–Crippen LogP) is 2.21. The molecule has 0 spiro atoms. The van der Waals surface area contributed by atoms with Gasteiger partial charge in [-0.05, 0) is 30.6 Å². The molecule has 18 heavy (non-hydrogen) atoms. The van der Waals surface area contributed by atoms with Gasteiger partial charge in [0.15, 0.2) is 10.9 Å². The molecule has 92 valence electrons. The number of carbonyl (C=O) groups excluding carboxylic acids is 1. The zero-order valence-electron chi connectivity index (χ0n) is 9.90. The number of hydrogen-bond acceptors (Lipinski definition) is 2. The summed E-state index contributed by atoms with van der Waals surface area (Å²) in [4.78, 5) is 12.1. The van der Waals surface area contributed by atoms with Crippen LogP contribution in [-0.2, 0) is 4.79 Å². The summed E-state index contributed by atoms with van der Waals surface area (Å²) in [6, 6.07) is 9.89. The summed E-state index contributed by atoms with van der Waals surface area (Å²) in [5, 5.41) is 6.94. The van der Waals surface area contributed by atoms with Crippen molar-refractivity contribution >= 4 is 23.1 Å². The highest BCUT2D eigenvalue weighted by Gasteiger charge is 2.32. The van der Waals surface area contributed by atoms with Crippen LogP contribution in [0.15, 0.2) is 41.6 Å². The first-order valence-electron chi connectivity index (χ1n) is 6.14. The minimum Gasteiger partial charge on any atom is -0.351 e. The van der Waals surface area contributed by atoms with Crippen molar-refractivity contribution in [1.29, 1.82) is 0 Å². The summed E-state index contributed by atoms with van der Waals surface area (Å²) < 4.78 is 0. The molecule has 0 saturated carbocycles. The second-order valence-corrected chi connectivity index (χ2v) is 5.02. The lowest BCUT2D eigenvalue weighted by atomic mass is 9.85. The number of allylic oxidation sites excluding steroid dienone is 1. The van der Waals surface area contributed by atoms with Crippen molar-refractivity contribution in [2.24, 2.45) is 0 Å². The molecule has 3 nitrogen and oxygen atoms in total. The van der Waals surface area contributed by atoms with Crippen molar-refractivity contribution < 1.29 is 4.79 Å². The van der Waals surface area contributed by atoms with Gasteiger partial charge in [-0.25, -0.2) is 0 Å². The molecule has 1 aromatic rings. The standard InChI is InChI=1S/C14H14N2OS/c17-11-8-4-7-10-12(11)13(16-14(18)15-10)9-5-2-1-3-6-9/h1-3,5-6,13H,4,7-8H2,(H2,15,16,18)/t13-/m1/s1. The largest absolute Gasteiger partial charge is 0.351 e. The van der Waals surface area contributed by atoms with Crippen molar-refractivity contribution in [3.05, 3.63) is 47.2 Å². The van der Waals surface area contributed by atoms with Crippen molar-refractivity contribution in [1.82, 2.24) is 10.6 Å². The summed E-state index contributed by atoms with van der Waals surface area (Å²) in [6.07, 6.45) is 2.46. The average molecular weight is 258 g/mol. The van der Waals surface area contributed by atoms with E-state index in [9.17, 15) is 4.79 Å². The molecular weight excluding hydrogens is 244 g/mol. The van der Waals surface area contributed by atoms with Crippen LogP contribution in [0.2, 0.25) is 0 Å². The number of ketones is 1. The van der Waals surface area contributed by atoms with E-state index >= 15 is 0 Å². The average Bonchev–Trinajstić information content (AvgIpc) is 2.39. The number of rotatable bonds is 1. The van der Waals surface area contributed by atoms with E-state index in [1.807, 2.05) is 30.3 Å². The molecule has 0 fully saturated rings. The quantitative estimate of drug-likeness (QED) is 0.758. The van der Waals surface area contributed by atoms with E-state index in [-0.39, 0.29) is 11.8 Å². The van der Waals surface area contributed by atoms with Gasteiger partial charge in [0.05, 0.1) is 6.04 Å². The Labute approximate surface area is 111 Å². The van der Waals surface area contributed by atoms with Gasteiger partial charge in [0.25, 0.3) is 0 Å². The Morgan fingerprint density at radius 1 is 1.17 bits per heavy atom. The highest BCUT2D eigenvalue weighted by Crippen LogP contribution is 2.33. The number of Topliss-reactive ketones (excluding diaryl/α,β-unsaturated/α-hetero) is 1. The van der Waals surface area contributed by atoms with Gasteiger partial charge < -0.3 is 10.6 Å². The highest BCUT2D eigenvalue weighted by molar-refractivity contribution is 7.80. The maximum absolute atomic E-state index is 12.1. The first-order chi connectivity index (χ1) is 8.75. The Bertz CT molecular complexity index is 536. The third-order valence-corrected chi connectivity index (χ3v) is 3.64.